The zero-order chi connectivity index (χ0) is 11.9. The van der Waals surface area contributed by atoms with Crippen LogP contribution in [0.5, 0.6) is 5.88 Å². The first-order valence-corrected chi connectivity index (χ1v) is 6.48. The van der Waals surface area contributed by atoms with Crippen molar-refractivity contribution in [3.8, 4) is 5.88 Å². The standard InChI is InChI=1S/C14H21N2O/c1-2-10-17-14-11-13(6-7-15-14)12-16-8-4-3-5-9-16/h6-7,11H,1-5,8-10,12H2. The Hall–Kier alpha value is -1.09. The Balaban J connectivity index is 1.90. The molecule has 0 bridgehead atoms. The lowest BCUT2D eigenvalue weighted by atomic mass is 10.1. The molecule has 1 aliphatic heterocycles. The molecule has 0 amide bonds. The van der Waals surface area contributed by atoms with E-state index in [9.17, 15) is 0 Å². The smallest absolute Gasteiger partial charge is 0.213 e. The predicted octanol–water partition coefficient (Wildman–Crippen LogP) is 2.67. The van der Waals surface area contributed by atoms with Crippen LogP contribution in [-0.4, -0.2) is 29.6 Å². The molecule has 1 aromatic rings. The van der Waals surface area contributed by atoms with Gasteiger partial charge in [0, 0.05) is 18.8 Å². The van der Waals surface area contributed by atoms with Crippen molar-refractivity contribution in [3.05, 3.63) is 30.8 Å². The Morgan fingerprint density at radius 3 is 2.88 bits per heavy atom. The van der Waals surface area contributed by atoms with Gasteiger partial charge in [-0.1, -0.05) is 6.42 Å². The first-order valence-electron chi connectivity index (χ1n) is 6.48. The van der Waals surface area contributed by atoms with Crippen molar-refractivity contribution >= 4 is 0 Å². The number of likely N-dealkylation sites (tertiary alicyclic amines) is 1. The highest BCUT2D eigenvalue weighted by molar-refractivity contribution is 5.20. The second-order valence-corrected chi connectivity index (χ2v) is 4.54. The van der Waals surface area contributed by atoms with E-state index in [1.165, 1.54) is 37.9 Å². The maximum Gasteiger partial charge on any atom is 0.213 e. The van der Waals surface area contributed by atoms with E-state index in [0.29, 0.717) is 6.61 Å². The lowest BCUT2D eigenvalue weighted by Crippen LogP contribution is -2.29. The molecule has 3 heteroatoms. The van der Waals surface area contributed by atoms with Gasteiger partial charge < -0.3 is 4.74 Å². The molecular weight excluding hydrogens is 212 g/mol. The number of hydrogen-bond donors (Lipinski definition) is 0. The van der Waals surface area contributed by atoms with E-state index in [1.54, 1.807) is 0 Å². The van der Waals surface area contributed by atoms with Crippen molar-refractivity contribution in [1.29, 1.82) is 0 Å². The number of nitrogens with zero attached hydrogens (tertiary/aromatic N) is 2. The minimum absolute atomic E-state index is 0.639. The zero-order valence-electron chi connectivity index (χ0n) is 10.4. The van der Waals surface area contributed by atoms with E-state index in [0.717, 1.165) is 18.8 Å². The van der Waals surface area contributed by atoms with Gasteiger partial charge in [-0.05, 0) is 50.9 Å². The Labute approximate surface area is 104 Å². The summed E-state index contributed by atoms with van der Waals surface area (Å²) in [6, 6.07) is 4.12. The Kier molecular flexibility index (Phi) is 4.80. The van der Waals surface area contributed by atoms with Crippen molar-refractivity contribution in [2.24, 2.45) is 0 Å². The van der Waals surface area contributed by atoms with E-state index >= 15 is 0 Å². The molecule has 0 atom stereocenters. The average Bonchev–Trinajstić information content (AvgIpc) is 2.38. The molecule has 3 nitrogen and oxygen atoms in total. The average molecular weight is 233 g/mol. The third kappa shape index (κ3) is 4.00. The minimum Gasteiger partial charge on any atom is -0.478 e. The van der Waals surface area contributed by atoms with Crippen LogP contribution in [0, 0.1) is 6.92 Å². The molecule has 1 fully saturated rings. The van der Waals surface area contributed by atoms with E-state index in [-0.39, 0.29) is 0 Å². The first kappa shape index (κ1) is 12.4. The molecule has 0 unspecified atom stereocenters. The van der Waals surface area contributed by atoms with Gasteiger partial charge in [0.25, 0.3) is 0 Å². The summed E-state index contributed by atoms with van der Waals surface area (Å²) in [6.07, 6.45) is 6.65. The summed E-state index contributed by atoms with van der Waals surface area (Å²) in [5.41, 5.74) is 1.29. The second-order valence-electron chi connectivity index (χ2n) is 4.54. The summed E-state index contributed by atoms with van der Waals surface area (Å²) in [5.74, 6) is 0.725. The number of ether oxygens (including phenoxy) is 1. The van der Waals surface area contributed by atoms with E-state index in [4.69, 9.17) is 4.74 Å². The second kappa shape index (κ2) is 6.60. The number of rotatable bonds is 5. The topological polar surface area (TPSA) is 25.4 Å². The van der Waals surface area contributed by atoms with Gasteiger partial charge in [-0.15, -0.1) is 0 Å². The van der Waals surface area contributed by atoms with Crippen molar-refractivity contribution in [2.75, 3.05) is 19.7 Å². The Morgan fingerprint density at radius 1 is 1.29 bits per heavy atom. The quantitative estimate of drug-likeness (QED) is 0.782. The van der Waals surface area contributed by atoms with Gasteiger partial charge in [0.05, 0.1) is 6.61 Å². The van der Waals surface area contributed by atoms with Gasteiger partial charge in [-0.25, -0.2) is 4.98 Å². The van der Waals surface area contributed by atoms with E-state index in [1.807, 2.05) is 12.3 Å². The normalized spacial score (nSPS) is 17.0. The highest BCUT2D eigenvalue weighted by Gasteiger charge is 2.10. The third-order valence-electron chi connectivity index (χ3n) is 3.05. The third-order valence-corrected chi connectivity index (χ3v) is 3.05. The molecule has 1 aromatic heterocycles. The van der Waals surface area contributed by atoms with Gasteiger partial charge in [-0.2, -0.15) is 0 Å². The fourth-order valence-corrected chi connectivity index (χ4v) is 2.18. The van der Waals surface area contributed by atoms with Crippen LogP contribution in [0.2, 0.25) is 0 Å². The summed E-state index contributed by atoms with van der Waals surface area (Å²) >= 11 is 0. The summed E-state index contributed by atoms with van der Waals surface area (Å²) in [7, 11) is 0. The molecule has 17 heavy (non-hydrogen) atoms. The fraction of sp³-hybridized carbons (Fsp3) is 0.571. The molecule has 1 radical (unpaired) electrons. The number of hydrogen-bond acceptors (Lipinski definition) is 3. The molecule has 0 aromatic carbocycles. The number of aromatic nitrogens is 1. The molecule has 2 heterocycles. The summed E-state index contributed by atoms with van der Waals surface area (Å²) in [5, 5.41) is 0. The molecule has 1 aliphatic rings. The van der Waals surface area contributed by atoms with Gasteiger partial charge in [0.2, 0.25) is 5.88 Å². The van der Waals surface area contributed by atoms with Gasteiger partial charge in [0.1, 0.15) is 0 Å². The molecule has 93 valence electrons. The van der Waals surface area contributed by atoms with Gasteiger partial charge in [0.15, 0.2) is 0 Å². The molecule has 0 saturated carbocycles. The summed E-state index contributed by atoms with van der Waals surface area (Å²) < 4.78 is 5.49. The Morgan fingerprint density at radius 2 is 2.12 bits per heavy atom. The van der Waals surface area contributed by atoms with Crippen LogP contribution < -0.4 is 4.74 Å². The molecular formula is C14H21N2O. The molecule has 0 aliphatic carbocycles. The van der Waals surface area contributed by atoms with Crippen LogP contribution in [0.3, 0.4) is 0 Å². The van der Waals surface area contributed by atoms with Crippen molar-refractivity contribution in [3.63, 3.8) is 0 Å². The summed E-state index contributed by atoms with van der Waals surface area (Å²) in [6.45, 7) is 7.85. The van der Waals surface area contributed by atoms with Crippen LogP contribution in [0.25, 0.3) is 0 Å². The molecule has 2 rings (SSSR count). The largest absolute Gasteiger partial charge is 0.478 e. The van der Waals surface area contributed by atoms with Crippen LogP contribution in [0.1, 0.15) is 31.2 Å². The summed E-state index contributed by atoms with van der Waals surface area (Å²) in [4.78, 5) is 6.71. The van der Waals surface area contributed by atoms with Crippen LogP contribution in [0.4, 0.5) is 0 Å². The lowest BCUT2D eigenvalue weighted by Gasteiger charge is -2.26. The number of piperidine rings is 1. The first-order chi connectivity index (χ1) is 8.38. The highest BCUT2D eigenvalue weighted by Crippen LogP contribution is 2.15. The minimum atomic E-state index is 0.639. The molecule has 0 N–H and O–H groups in total. The molecule has 0 spiro atoms. The monoisotopic (exact) mass is 233 g/mol. The van der Waals surface area contributed by atoms with E-state index in [2.05, 4.69) is 22.9 Å². The number of pyridine rings is 1. The van der Waals surface area contributed by atoms with Crippen molar-refractivity contribution in [2.45, 2.75) is 32.2 Å². The Bertz CT molecular complexity index is 335. The zero-order valence-corrected chi connectivity index (χ0v) is 10.4. The van der Waals surface area contributed by atoms with Crippen LogP contribution >= 0.6 is 0 Å². The highest BCUT2D eigenvalue weighted by atomic mass is 16.5. The SMILES string of the molecule is [CH2]CCOc1cc(CN2CCCCC2)ccn1. The van der Waals surface area contributed by atoms with Crippen LogP contribution in [0.15, 0.2) is 18.3 Å². The molecule has 1 saturated heterocycles. The maximum atomic E-state index is 5.49. The van der Waals surface area contributed by atoms with E-state index < -0.39 is 0 Å². The lowest BCUT2D eigenvalue weighted by molar-refractivity contribution is 0.220. The van der Waals surface area contributed by atoms with Gasteiger partial charge in [-0.3, -0.25) is 4.90 Å². The van der Waals surface area contributed by atoms with Gasteiger partial charge >= 0.3 is 0 Å². The van der Waals surface area contributed by atoms with Crippen molar-refractivity contribution in [1.82, 2.24) is 9.88 Å². The van der Waals surface area contributed by atoms with Crippen molar-refractivity contribution < 1.29 is 4.74 Å². The maximum absolute atomic E-state index is 5.49. The predicted molar refractivity (Wildman–Crippen MR) is 68.8 cm³/mol. The van der Waals surface area contributed by atoms with Crippen LogP contribution in [-0.2, 0) is 6.54 Å². The fourth-order valence-electron chi connectivity index (χ4n) is 2.18.